The van der Waals surface area contributed by atoms with Crippen LogP contribution in [0.25, 0.3) is 17.1 Å². The number of aromatic nitrogens is 2. The molecular weight excluding hydrogens is 364 g/mol. The highest BCUT2D eigenvalue weighted by molar-refractivity contribution is 8.18. The summed E-state index contributed by atoms with van der Waals surface area (Å²) in [7, 11) is 1.93. The molecule has 2 aliphatic rings. The van der Waals surface area contributed by atoms with E-state index in [1.165, 1.54) is 11.8 Å². The molecule has 3 aromatic rings. The van der Waals surface area contributed by atoms with Gasteiger partial charge in [0.05, 0.1) is 21.6 Å². The number of ether oxygens (including phenoxy) is 2. The van der Waals surface area contributed by atoms with Crippen LogP contribution in [0.2, 0.25) is 0 Å². The number of nitrogens with zero attached hydrogens (tertiary/aromatic N) is 3. The minimum atomic E-state index is -0.188. The first kappa shape index (κ1) is 16.0. The molecule has 0 saturated carbocycles. The first-order valence-electron chi connectivity index (χ1n) is 8.28. The number of para-hydroxylation sites is 2. The molecule has 2 aliphatic heterocycles. The maximum Gasteiger partial charge on any atom is 0.264 e. The molecule has 1 N–H and O–H groups in total. The Labute approximate surface area is 158 Å². The summed E-state index contributed by atoms with van der Waals surface area (Å²) in [6, 6.07) is 13.3. The topological polar surface area (TPSA) is 77.7 Å². The summed E-state index contributed by atoms with van der Waals surface area (Å²) in [4.78, 5) is 21.9. The second kappa shape index (κ2) is 6.17. The van der Waals surface area contributed by atoms with E-state index in [1.54, 1.807) is 18.2 Å². The van der Waals surface area contributed by atoms with Crippen LogP contribution in [-0.2, 0) is 11.8 Å². The highest BCUT2D eigenvalue weighted by Crippen LogP contribution is 2.36. The van der Waals surface area contributed by atoms with Gasteiger partial charge in [0.2, 0.25) is 6.79 Å². The molecule has 3 heterocycles. The van der Waals surface area contributed by atoms with Crippen LogP contribution in [-0.4, -0.2) is 27.4 Å². The lowest BCUT2D eigenvalue weighted by atomic mass is 10.3. The maximum atomic E-state index is 12.3. The third-order valence-corrected chi connectivity index (χ3v) is 5.23. The van der Waals surface area contributed by atoms with Crippen molar-refractivity contribution in [1.82, 2.24) is 14.9 Å². The molecule has 8 heteroatoms. The first-order valence-corrected chi connectivity index (χ1v) is 9.10. The van der Waals surface area contributed by atoms with Crippen molar-refractivity contribution in [2.45, 2.75) is 0 Å². The number of aryl methyl sites for hydroxylation is 1. The quantitative estimate of drug-likeness (QED) is 0.693. The summed E-state index contributed by atoms with van der Waals surface area (Å²) in [5.74, 6) is 1.89. The summed E-state index contributed by atoms with van der Waals surface area (Å²) in [6.07, 6.45) is 1.78. The molecule has 0 spiro atoms. The number of thioether (sulfide) groups is 1. The van der Waals surface area contributed by atoms with Crippen LogP contribution in [0.1, 0.15) is 5.82 Å². The molecule has 0 aliphatic carbocycles. The van der Waals surface area contributed by atoms with Crippen molar-refractivity contribution < 1.29 is 14.3 Å². The van der Waals surface area contributed by atoms with Crippen LogP contribution in [0.4, 0.5) is 5.69 Å². The van der Waals surface area contributed by atoms with Gasteiger partial charge in [0.1, 0.15) is 5.82 Å². The van der Waals surface area contributed by atoms with Crippen LogP contribution < -0.4 is 14.8 Å². The lowest BCUT2D eigenvalue weighted by molar-refractivity contribution is -0.115. The molecule has 1 saturated heterocycles. The summed E-state index contributed by atoms with van der Waals surface area (Å²) < 4.78 is 12.6. The summed E-state index contributed by atoms with van der Waals surface area (Å²) in [6.45, 7) is 0.214. The van der Waals surface area contributed by atoms with Crippen molar-refractivity contribution in [3.8, 4) is 11.5 Å². The number of hydrogen-bond donors (Lipinski definition) is 1. The second-order valence-electron chi connectivity index (χ2n) is 6.04. The van der Waals surface area contributed by atoms with E-state index in [0.717, 1.165) is 16.9 Å². The number of benzene rings is 2. The molecule has 5 rings (SSSR count). The lowest BCUT2D eigenvalue weighted by Crippen LogP contribution is -2.19. The SMILES string of the molecule is Cn1c(C=C2SC(=Nc3ccc4c(c3)OCO4)NC2=O)nc2ccccc21. The van der Waals surface area contributed by atoms with Gasteiger partial charge in [0.15, 0.2) is 16.7 Å². The Morgan fingerprint density at radius 3 is 2.96 bits per heavy atom. The molecule has 134 valence electrons. The zero-order chi connectivity index (χ0) is 18.4. The molecule has 0 atom stereocenters. The largest absolute Gasteiger partial charge is 0.454 e. The molecule has 1 fully saturated rings. The predicted molar refractivity (Wildman–Crippen MR) is 104 cm³/mol. The fourth-order valence-corrected chi connectivity index (χ4v) is 3.77. The average molecular weight is 378 g/mol. The number of amides is 1. The molecule has 0 bridgehead atoms. The smallest absolute Gasteiger partial charge is 0.264 e. The molecule has 1 amide bonds. The third kappa shape index (κ3) is 2.83. The molecule has 27 heavy (non-hydrogen) atoms. The van der Waals surface area contributed by atoms with Gasteiger partial charge in [-0.25, -0.2) is 9.98 Å². The first-order chi connectivity index (χ1) is 13.2. The number of amidine groups is 1. The van der Waals surface area contributed by atoms with Gasteiger partial charge in [-0.2, -0.15) is 0 Å². The van der Waals surface area contributed by atoms with E-state index in [9.17, 15) is 4.79 Å². The summed E-state index contributed by atoms with van der Waals surface area (Å²) in [5, 5.41) is 3.31. The number of carbonyl (C=O) groups is 1. The van der Waals surface area contributed by atoms with E-state index in [4.69, 9.17) is 9.47 Å². The van der Waals surface area contributed by atoms with Gasteiger partial charge in [-0.3, -0.25) is 4.79 Å². The van der Waals surface area contributed by atoms with Crippen LogP contribution in [0.3, 0.4) is 0 Å². The van der Waals surface area contributed by atoms with Crippen LogP contribution in [0, 0.1) is 0 Å². The Hall–Kier alpha value is -3.26. The number of nitrogens with one attached hydrogen (secondary N) is 1. The molecule has 2 aromatic carbocycles. The number of hydrogen-bond acceptors (Lipinski definition) is 6. The maximum absolute atomic E-state index is 12.3. The van der Waals surface area contributed by atoms with Crippen molar-refractivity contribution in [2.75, 3.05) is 6.79 Å². The third-order valence-electron chi connectivity index (χ3n) is 4.32. The standard InChI is InChI=1S/C19H14N4O3S/c1-23-13-5-3-2-4-12(13)21-17(23)9-16-18(24)22-19(27-16)20-11-6-7-14-15(8-11)26-10-25-14/h2-9H,10H2,1H3,(H,20,22,24). The van der Waals surface area contributed by atoms with Crippen molar-refractivity contribution in [1.29, 1.82) is 0 Å². The number of fused-ring (bicyclic) bond motifs is 2. The lowest BCUT2D eigenvalue weighted by Gasteiger charge is -1.99. The molecular formula is C19H14N4O3S. The molecule has 7 nitrogen and oxygen atoms in total. The van der Waals surface area contributed by atoms with Crippen molar-refractivity contribution in [2.24, 2.45) is 12.0 Å². The van der Waals surface area contributed by atoms with Gasteiger partial charge < -0.3 is 19.4 Å². The molecule has 1 aromatic heterocycles. The van der Waals surface area contributed by atoms with Gasteiger partial charge in [0.25, 0.3) is 5.91 Å². The minimum absolute atomic E-state index is 0.188. The Balaban J connectivity index is 1.44. The fourth-order valence-electron chi connectivity index (χ4n) is 2.96. The Morgan fingerprint density at radius 1 is 1.22 bits per heavy atom. The van der Waals surface area contributed by atoms with Crippen LogP contribution in [0.15, 0.2) is 52.4 Å². The summed E-state index contributed by atoms with van der Waals surface area (Å²) in [5.41, 5.74) is 2.59. The monoisotopic (exact) mass is 378 g/mol. The van der Waals surface area contributed by atoms with Gasteiger partial charge in [-0.05, 0) is 36.0 Å². The summed E-state index contributed by atoms with van der Waals surface area (Å²) >= 11 is 1.29. The second-order valence-corrected chi connectivity index (χ2v) is 7.07. The van der Waals surface area contributed by atoms with E-state index in [2.05, 4.69) is 15.3 Å². The van der Waals surface area contributed by atoms with Crippen molar-refractivity contribution in [3.05, 3.63) is 53.2 Å². The highest BCUT2D eigenvalue weighted by Gasteiger charge is 2.25. The number of carbonyl (C=O) groups excluding carboxylic acids is 1. The molecule has 0 radical (unpaired) electrons. The zero-order valence-corrected chi connectivity index (χ0v) is 15.1. The Kier molecular flexibility index (Phi) is 3.64. The van der Waals surface area contributed by atoms with Gasteiger partial charge in [-0.15, -0.1) is 0 Å². The van der Waals surface area contributed by atoms with E-state index >= 15 is 0 Å². The highest BCUT2D eigenvalue weighted by atomic mass is 32.2. The average Bonchev–Trinajstić information content (AvgIpc) is 3.34. The van der Waals surface area contributed by atoms with Crippen molar-refractivity contribution in [3.63, 3.8) is 0 Å². The predicted octanol–water partition coefficient (Wildman–Crippen LogP) is 3.19. The van der Waals surface area contributed by atoms with Crippen LogP contribution >= 0.6 is 11.8 Å². The minimum Gasteiger partial charge on any atom is -0.454 e. The van der Waals surface area contributed by atoms with Gasteiger partial charge in [0, 0.05) is 19.2 Å². The number of imidazole rings is 1. The Bertz CT molecular complexity index is 1150. The van der Waals surface area contributed by atoms with Gasteiger partial charge >= 0.3 is 0 Å². The normalized spacial score (nSPS) is 18.6. The van der Waals surface area contributed by atoms with E-state index < -0.39 is 0 Å². The number of aliphatic imine (C=N–C) groups is 1. The molecule has 0 unspecified atom stereocenters. The van der Waals surface area contributed by atoms with Gasteiger partial charge in [-0.1, -0.05) is 12.1 Å². The van der Waals surface area contributed by atoms with E-state index in [1.807, 2.05) is 41.9 Å². The van der Waals surface area contributed by atoms with Crippen molar-refractivity contribution >= 4 is 45.6 Å². The fraction of sp³-hybridized carbons (Fsp3) is 0.105. The van der Waals surface area contributed by atoms with Crippen LogP contribution in [0.5, 0.6) is 11.5 Å². The number of rotatable bonds is 2. The zero-order valence-electron chi connectivity index (χ0n) is 14.3. The Morgan fingerprint density at radius 2 is 2.07 bits per heavy atom. The van der Waals surface area contributed by atoms with E-state index in [0.29, 0.717) is 27.3 Å². The van der Waals surface area contributed by atoms with E-state index in [-0.39, 0.29) is 12.7 Å².